The number of piperidine rings is 1. The summed E-state index contributed by atoms with van der Waals surface area (Å²) in [5.41, 5.74) is 1.45. The van der Waals surface area contributed by atoms with Gasteiger partial charge in [-0.1, -0.05) is 29.8 Å². The number of nitrogens with one attached hydrogen (secondary N) is 1. The van der Waals surface area contributed by atoms with E-state index in [0.29, 0.717) is 47.8 Å². The van der Waals surface area contributed by atoms with Crippen LogP contribution < -0.4 is 9.62 Å². The van der Waals surface area contributed by atoms with Gasteiger partial charge >= 0.3 is 0 Å². The number of sulfonamides is 1. The molecule has 1 atom stereocenters. The maximum atomic E-state index is 14.1. The Hall–Kier alpha value is -3.47. The summed E-state index contributed by atoms with van der Waals surface area (Å²) in [5.74, 6) is -0.971. The van der Waals surface area contributed by atoms with Crippen molar-refractivity contribution in [2.45, 2.75) is 49.1 Å². The van der Waals surface area contributed by atoms with Crippen LogP contribution in [0.4, 0.5) is 10.1 Å². The fourth-order valence-corrected chi connectivity index (χ4v) is 8.09. The van der Waals surface area contributed by atoms with Crippen LogP contribution in [0.25, 0.3) is 0 Å². The number of hydrogen-bond donors (Lipinski definition) is 2. The van der Waals surface area contributed by atoms with Crippen molar-refractivity contribution in [1.82, 2.24) is 10.2 Å². The first kappa shape index (κ1) is 29.0. The van der Waals surface area contributed by atoms with E-state index in [1.54, 1.807) is 35.2 Å². The molecule has 1 fully saturated rings. The van der Waals surface area contributed by atoms with Gasteiger partial charge in [-0.15, -0.1) is 0 Å². The molecule has 1 unspecified atom stereocenters. The number of fused-ring (bicyclic) bond motifs is 2. The Morgan fingerprint density at radius 2 is 1.76 bits per heavy atom. The number of likely N-dealkylation sites (tertiary alicyclic amines) is 1. The lowest BCUT2D eigenvalue weighted by molar-refractivity contribution is -0.130. The van der Waals surface area contributed by atoms with Gasteiger partial charge in [-0.2, -0.15) is 0 Å². The molecule has 5 rings (SSSR count). The topological polar surface area (TPSA) is 107 Å². The second-order valence-corrected chi connectivity index (χ2v) is 12.7. The highest BCUT2D eigenvalue weighted by atomic mass is 35.5. The molecule has 2 heterocycles. The van der Waals surface area contributed by atoms with E-state index < -0.39 is 27.3 Å². The van der Waals surface area contributed by atoms with Gasteiger partial charge in [0.1, 0.15) is 5.82 Å². The summed E-state index contributed by atoms with van der Waals surface area (Å²) in [7, 11) is -4.17. The third-order valence-corrected chi connectivity index (χ3v) is 10.4. The molecule has 0 radical (unpaired) electrons. The van der Waals surface area contributed by atoms with Crippen molar-refractivity contribution in [2.75, 3.05) is 24.0 Å². The van der Waals surface area contributed by atoms with Gasteiger partial charge in [-0.05, 0) is 78.9 Å². The van der Waals surface area contributed by atoms with Gasteiger partial charge in [0, 0.05) is 49.2 Å². The van der Waals surface area contributed by atoms with Crippen LogP contribution in [0.5, 0.6) is 0 Å². The van der Waals surface area contributed by atoms with Crippen molar-refractivity contribution in [2.24, 2.45) is 0 Å². The summed E-state index contributed by atoms with van der Waals surface area (Å²) in [5, 5.41) is 13.5. The molecule has 1 saturated heterocycles. The second kappa shape index (κ2) is 11.4. The van der Waals surface area contributed by atoms with Gasteiger partial charge in [-0.25, -0.2) is 12.8 Å². The molecule has 11 heteroatoms. The number of hydrogen-bond acceptors (Lipinski definition) is 5. The summed E-state index contributed by atoms with van der Waals surface area (Å²) < 4.78 is 43.1. The summed E-state index contributed by atoms with van der Waals surface area (Å²) in [6, 6.07) is 16.1. The minimum Gasteiger partial charge on any atom is -0.396 e. The predicted octanol–water partition coefficient (Wildman–Crippen LogP) is 4.25. The number of carbonyl (C=O) groups excluding carboxylic acids is 2. The molecular formula is C30H31ClFN3O5S. The van der Waals surface area contributed by atoms with Crippen LogP contribution in [0.2, 0.25) is 5.02 Å². The first-order chi connectivity index (χ1) is 19.6. The van der Waals surface area contributed by atoms with E-state index >= 15 is 0 Å². The maximum Gasteiger partial charge on any atom is 0.264 e. The fourth-order valence-electron chi connectivity index (χ4n) is 6.12. The number of anilines is 1. The molecule has 2 aliphatic heterocycles. The van der Waals surface area contributed by atoms with Crippen LogP contribution >= 0.6 is 11.6 Å². The fraction of sp³-hybridized carbons (Fsp3) is 0.333. The summed E-state index contributed by atoms with van der Waals surface area (Å²) in [6.45, 7) is 2.26. The molecule has 0 aromatic heterocycles. The summed E-state index contributed by atoms with van der Waals surface area (Å²) >= 11 is 6.24. The van der Waals surface area contributed by atoms with Crippen molar-refractivity contribution in [1.29, 1.82) is 0 Å². The van der Waals surface area contributed by atoms with Crippen LogP contribution in [-0.4, -0.2) is 56.0 Å². The number of rotatable bonds is 7. The molecule has 0 saturated carbocycles. The minimum absolute atomic E-state index is 0.0692. The molecule has 2 aliphatic rings. The lowest BCUT2D eigenvalue weighted by atomic mass is 9.68. The molecule has 41 heavy (non-hydrogen) atoms. The van der Waals surface area contributed by atoms with Crippen molar-refractivity contribution in [3.63, 3.8) is 0 Å². The molecule has 8 nitrogen and oxygen atoms in total. The highest BCUT2D eigenvalue weighted by Gasteiger charge is 2.55. The van der Waals surface area contributed by atoms with Crippen LogP contribution in [0, 0.1) is 5.82 Å². The van der Waals surface area contributed by atoms with Crippen molar-refractivity contribution in [3.8, 4) is 0 Å². The number of amides is 2. The van der Waals surface area contributed by atoms with E-state index in [2.05, 4.69) is 5.32 Å². The second-order valence-electron chi connectivity index (χ2n) is 10.5. The number of benzene rings is 3. The third kappa shape index (κ3) is 5.31. The van der Waals surface area contributed by atoms with Crippen molar-refractivity contribution < 1.29 is 27.5 Å². The molecule has 216 valence electrons. The number of nitrogens with zero attached hydrogens (tertiary/aromatic N) is 2. The third-order valence-electron chi connectivity index (χ3n) is 8.22. The molecule has 2 N–H and O–H groups in total. The molecule has 3 aromatic rings. The smallest absolute Gasteiger partial charge is 0.264 e. The maximum absolute atomic E-state index is 14.1. The van der Waals surface area contributed by atoms with Crippen LogP contribution in [0.15, 0.2) is 71.6 Å². The van der Waals surface area contributed by atoms with E-state index in [-0.39, 0.29) is 36.3 Å². The number of halogens is 2. The normalized spacial score (nSPS) is 17.9. The number of aliphatic hydroxyl groups is 1. The highest BCUT2D eigenvalue weighted by molar-refractivity contribution is 7.92. The number of aliphatic hydroxyl groups excluding tert-OH is 1. The quantitative estimate of drug-likeness (QED) is 0.422. The first-order valence-electron chi connectivity index (χ1n) is 13.4. The SMILES string of the molecule is CC(=O)N1CCC2(CC1)c1cc(C(=O)NCc3ccccc3Cl)ccc1N(S(=O)(=O)c1ccc(F)cc1)C2CCO. The Morgan fingerprint density at radius 1 is 1.07 bits per heavy atom. The molecule has 0 bridgehead atoms. The Balaban J connectivity index is 1.58. The molecule has 1 spiro atoms. The van der Waals surface area contributed by atoms with Crippen molar-refractivity contribution >= 4 is 39.1 Å². The average Bonchev–Trinajstić information content (AvgIpc) is 3.22. The van der Waals surface area contributed by atoms with Crippen LogP contribution in [0.3, 0.4) is 0 Å². The number of carbonyl (C=O) groups is 2. The first-order valence-corrected chi connectivity index (χ1v) is 15.2. The standard InChI is InChI=1S/C30H31ClFN3O5S/c1-20(37)34-15-13-30(14-16-34)25-18-21(29(38)33-19-22-4-2-3-5-26(22)31)6-11-27(25)35(28(30)12-17-36)41(39,40)24-9-7-23(32)8-10-24/h2-11,18,28,36H,12-17,19H2,1H3,(H,33,38). The van der Waals surface area contributed by atoms with E-state index in [9.17, 15) is 27.5 Å². The highest BCUT2D eigenvalue weighted by Crippen LogP contribution is 2.54. The van der Waals surface area contributed by atoms with E-state index in [1.807, 2.05) is 12.1 Å². The Bertz CT molecular complexity index is 1570. The van der Waals surface area contributed by atoms with E-state index in [1.165, 1.54) is 23.4 Å². The monoisotopic (exact) mass is 599 g/mol. The Morgan fingerprint density at radius 3 is 2.39 bits per heavy atom. The lowest BCUT2D eigenvalue weighted by Crippen LogP contribution is -2.53. The lowest BCUT2D eigenvalue weighted by Gasteiger charge is -2.44. The predicted molar refractivity (Wildman–Crippen MR) is 154 cm³/mol. The Labute approximate surface area is 243 Å². The largest absolute Gasteiger partial charge is 0.396 e. The van der Waals surface area contributed by atoms with Gasteiger partial charge in [0.2, 0.25) is 5.91 Å². The van der Waals surface area contributed by atoms with Gasteiger partial charge in [0.05, 0.1) is 16.6 Å². The average molecular weight is 600 g/mol. The van der Waals surface area contributed by atoms with E-state index in [0.717, 1.165) is 17.7 Å². The van der Waals surface area contributed by atoms with Crippen LogP contribution in [-0.2, 0) is 26.8 Å². The van der Waals surface area contributed by atoms with Gasteiger partial charge in [0.15, 0.2) is 0 Å². The zero-order valence-corrected chi connectivity index (χ0v) is 24.1. The van der Waals surface area contributed by atoms with Gasteiger partial charge in [0.25, 0.3) is 15.9 Å². The van der Waals surface area contributed by atoms with Gasteiger partial charge in [-0.3, -0.25) is 13.9 Å². The van der Waals surface area contributed by atoms with Crippen molar-refractivity contribution in [3.05, 3.63) is 94.3 Å². The minimum atomic E-state index is -4.17. The van der Waals surface area contributed by atoms with Gasteiger partial charge < -0.3 is 15.3 Å². The summed E-state index contributed by atoms with van der Waals surface area (Å²) in [6.07, 6.45) is 1.04. The van der Waals surface area contributed by atoms with E-state index in [4.69, 9.17) is 11.6 Å². The Kier molecular flexibility index (Phi) is 8.09. The summed E-state index contributed by atoms with van der Waals surface area (Å²) in [4.78, 5) is 27.0. The zero-order chi connectivity index (χ0) is 29.4. The molecule has 2 amide bonds. The van der Waals surface area contributed by atoms with Crippen LogP contribution in [0.1, 0.15) is 47.7 Å². The zero-order valence-electron chi connectivity index (χ0n) is 22.5. The molecule has 3 aromatic carbocycles. The molecule has 0 aliphatic carbocycles. The molecular weight excluding hydrogens is 569 g/mol.